The largest absolute Gasteiger partial charge is 0.337 e. The molecule has 19 heavy (non-hydrogen) atoms. The summed E-state index contributed by atoms with van der Waals surface area (Å²) in [4.78, 5) is 29.2. The molecule has 2 heterocycles. The first-order chi connectivity index (χ1) is 9.08. The predicted molar refractivity (Wildman–Crippen MR) is 71.7 cm³/mol. The molecule has 0 saturated heterocycles. The molecule has 2 rings (SSSR count). The Morgan fingerprint density at radius 2 is 2.21 bits per heavy atom. The standard InChI is InChI=1S/C14H15N3O2/c1-16-7-5-12(8-13(16)18)14(19)17(2)10-11-4-3-6-15-9-11/h3-9H,10H2,1-2H3. The Hall–Kier alpha value is -2.43. The van der Waals surface area contributed by atoms with Crippen LogP contribution in [0.4, 0.5) is 0 Å². The van der Waals surface area contributed by atoms with Crippen molar-refractivity contribution in [3.05, 3.63) is 64.3 Å². The van der Waals surface area contributed by atoms with E-state index in [1.807, 2.05) is 12.1 Å². The predicted octanol–water partition coefficient (Wildman–Crippen LogP) is 1.05. The number of amides is 1. The molecule has 0 saturated carbocycles. The third-order valence-electron chi connectivity index (χ3n) is 2.84. The van der Waals surface area contributed by atoms with Gasteiger partial charge in [0.25, 0.3) is 11.5 Å². The smallest absolute Gasteiger partial charge is 0.254 e. The number of carbonyl (C=O) groups is 1. The highest BCUT2D eigenvalue weighted by Crippen LogP contribution is 2.05. The normalized spacial score (nSPS) is 10.2. The Morgan fingerprint density at radius 1 is 1.42 bits per heavy atom. The van der Waals surface area contributed by atoms with Gasteiger partial charge >= 0.3 is 0 Å². The van der Waals surface area contributed by atoms with Crippen molar-refractivity contribution in [2.45, 2.75) is 6.54 Å². The number of nitrogens with zero attached hydrogens (tertiary/aromatic N) is 3. The summed E-state index contributed by atoms with van der Waals surface area (Å²) in [5.41, 5.74) is 1.15. The summed E-state index contributed by atoms with van der Waals surface area (Å²) in [5.74, 6) is -0.179. The van der Waals surface area contributed by atoms with E-state index in [0.717, 1.165) is 5.56 Å². The zero-order valence-electron chi connectivity index (χ0n) is 10.9. The van der Waals surface area contributed by atoms with Crippen LogP contribution in [-0.2, 0) is 13.6 Å². The lowest BCUT2D eigenvalue weighted by Crippen LogP contribution is -2.28. The molecule has 0 aliphatic carbocycles. The maximum atomic E-state index is 12.2. The van der Waals surface area contributed by atoms with Gasteiger partial charge in [0.1, 0.15) is 0 Å². The number of pyridine rings is 2. The van der Waals surface area contributed by atoms with E-state index in [0.29, 0.717) is 12.1 Å². The lowest BCUT2D eigenvalue weighted by molar-refractivity contribution is 0.0784. The van der Waals surface area contributed by atoms with E-state index in [9.17, 15) is 9.59 Å². The summed E-state index contributed by atoms with van der Waals surface area (Å²) in [6.45, 7) is 0.460. The van der Waals surface area contributed by atoms with Crippen LogP contribution >= 0.6 is 0 Å². The molecule has 0 bridgehead atoms. The first-order valence-electron chi connectivity index (χ1n) is 5.89. The lowest BCUT2D eigenvalue weighted by Gasteiger charge is -2.17. The molecule has 2 aromatic heterocycles. The topological polar surface area (TPSA) is 55.2 Å². The fourth-order valence-corrected chi connectivity index (χ4v) is 1.74. The van der Waals surface area contributed by atoms with Gasteiger partial charge in [0.2, 0.25) is 0 Å². The van der Waals surface area contributed by atoms with Crippen molar-refractivity contribution in [2.75, 3.05) is 7.05 Å². The quantitative estimate of drug-likeness (QED) is 0.826. The minimum atomic E-state index is -0.194. The van der Waals surface area contributed by atoms with Crippen molar-refractivity contribution in [3.8, 4) is 0 Å². The third-order valence-corrected chi connectivity index (χ3v) is 2.84. The first kappa shape index (κ1) is 13.0. The number of hydrogen-bond donors (Lipinski definition) is 0. The first-order valence-corrected chi connectivity index (χ1v) is 5.89. The number of rotatable bonds is 3. The Balaban J connectivity index is 2.15. The van der Waals surface area contributed by atoms with E-state index in [1.165, 1.54) is 10.6 Å². The van der Waals surface area contributed by atoms with Crippen LogP contribution < -0.4 is 5.56 Å². The van der Waals surface area contributed by atoms with Crippen LogP contribution in [0.2, 0.25) is 0 Å². The van der Waals surface area contributed by atoms with Crippen LogP contribution in [-0.4, -0.2) is 27.4 Å². The van der Waals surface area contributed by atoms with E-state index in [-0.39, 0.29) is 11.5 Å². The fourth-order valence-electron chi connectivity index (χ4n) is 1.74. The molecule has 0 N–H and O–H groups in total. The molecule has 0 spiro atoms. The summed E-state index contributed by atoms with van der Waals surface area (Å²) in [6, 6.07) is 6.72. The highest BCUT2D eigenvalue weighted by Gasteiger charge is 2.12. The molecule has 0 fully saturated rings. The second-order valence-corrected chi connectivity index (χ2v) is 4.39. The van der Waals surface area contributed by atoms with Crippen molar-refractivity contribution in [1.82, 2.24) is 14.5 Å². The molecule has 5 nitrogen and oxygen atoms in total. The molecule has 2 aromatic rings. The van der Waals surface area contributed by atoms with Gasteiger partial charge in [0.05, 0.1) is 0 Å². The van der Waals surface area contributed by atoms with E-state index >= 15 is 0 Å². The SMILES string of the molecule is CN(Cc1cccnc1)C(=O)c1ccn(C)c(=O)c1. The number of carbonyl (C=O) groups excluding carboxylic acids is 1. The van der Waals surface area contributed by atoms with Crippen molar-refractivity contribution in [1.29, 1.82) is 0 Å². The van der Waals surface area contributed by atoms with Gasteiger partial charge in [0.15, 0.2) is 0 Å². The molecule has 0 aromatic carbocycles. The summed E-state index contributed by atoms with van der Waals surface area (Å²) in [7, 11) is 3.35. The zero-order chi connectivity index (χ0) is 13.8. The molecule has 5 heteroatoms. The average molecular weight is 257 g/mol. The summed E-state index contributed by atoms with van der Waals surface area (Å²) in [5, 5.41) is 0. The molecule has 0 aliphatic heterocycles. The van der Waals surface area contributed by atoms with Crippen molar-refractivity contribution in [3.63, 3.8) is 0 Å². The van der Waals surface area contributed by atoms with Gasteiger partial charge in [-0.25, -0.2) is 0 Å². The zero-order valence-corrected chi connectivity index (χ0v) is 10.9. The summed E-state index contributed by atoms with van der Waals surface area (Å²) in [6.07, 6.45) is 4.99. The van der Waals surface area contributed by atoms with E-state index in [2.05, 4.69) is 4.98 Å². The van der Waals surface area contributed by atoms with E-state index in [1.54, 1.807) is 43.7 Å². The van der Waals surface area contributed by atoms with E-state index in [4.69, 9.17) is 0 Å². The summed E-state index contributed by atoms with van der Waals surface area (Å²) < 4.78 is 1.43. The van der Waals surface area contributed by atoms with Gasteiger partial charge in [-0.3, -0.25) is 14.6 Å². The van der Waals surface area contributed by atoms with Crippen LogP contribution in [0, 0.1) is 0 Å². The van der Waals surface area contributed by atoms with Crippen LogP contribution in [0.5, 0.6) is 0 Å². The minimum Gasteiger partial charge on any atom is -0.337 e. The molecular weight excluding hydrogens is 242 g/mol. The Bertz CT molecular complexity index is 635. The number of aryl methyl sites for hydroxylation is 1. The third kappa shape index (κ3) is 3.07. The monoisotopic (exact) mass is 257 g/mol. The second kappa shape index (κ2) is 5.48. The molecule has 0 aliphatic rings. The highest BCUT2D eigenvalue weighted by atomic mass is 16.2. The Kier molecular flexibility index (Phi) is 3.75. The fraction of sp³-hybridized carbons (Fsp3) is 0.214. The maximum absolute atomic E-state index is 12.2. The average Bonchev–Trinajstić information content (AvgIpc) is 2.42. The van der Waals surface area contributed by atoms with Gasteiger partial charge in [-0.1, -0.05) is 6.07 Å². The molecule has 0 atom stereocenters. The van der Waals surface area contributed by atoms with Crippen LogP contribution in [0.3, 0.4) is 0 Å². The Morgan fingerprint density at radius 3 is 2.84 bits per heavy atom. The lowest BCUT2D eigenvalue weighted by atomic mass is 10.2. The maximum Gasteiger partial charge on any atom is 0.254 e. The molecule has 0 unspecified atom stereocenters. The van der Waals surface area contributed by atoms with Crippen molar-refractivity contribution >= 4 is 5.91 Å². The molecule has 98 valence electrons. The molecule has 1 amide bonds. The van der Waals surface area contributed by atoms with Gasteiger partial charge in [0, 0.05) is 50.9 Å². The molecule has 0 radical (unpaired) electrons. The number of aromatic nitrogens is 2. The van der Waals surface area contributed by atoms with E-state index < -0.39 is 0 Å². The summed E-state index contributed by atoms with van der Waals surface area (Å²) >= 11 is 0. The minimum absolute atomic E-state index is 0.179. The van der Waals surface area contributed by atoms with Gasteiger partial charge in [-0.15, -0.1) is 0 Å². The van der Waals surface area contributed by atoms with Gasteiger partial charge in [-0.05, 0) is 17.7 Å². The van der Waals surface area contributed by atoms with Gasteiger partial charge < -0.3 is 9.47 Å². The molecular formula is C14H15N3O2. The van der Waals surface area contributed by atoms with Gasteiger partial charge in [-0.2, -0.15) is 0 Å². The van der Waals surface area contributed by atoms with Crippen molar-refractivity contribution < 1.29 is 4.79 Å². The van der Waals surface area contributed by atoms with Crippen LogP contribution in [0.25, 0.3) is 0 Å². The highest BCUT2D eigenvalue weighted by molar-refractivity contribution is 5.93. The van der Waals surface area contributed by atoms with Crippen LogP contribution in [0.1, 0.15) is 15.9 Å². The van der Waals surface area contributed by atoms with Crippen molar-refractivity contribution in [2.24, 2.45) is 7.05 Å². The van der Waals surface area contributed by atoms with Crippen LogP contribution in [0.15, 0.2) is 47.7 Å². The Labute approximate surface area is 111 Å². The second-order valence-electron chi connectivity index (χ2n) is 4.39. The number of hydrogen-bond acceptors (Lipinski definition) is 3.